The number of ether oxygens (including phenoxy) is 2. The largest absolute Gasteiger partial charge is 0.504 e. The summed E-state index contributed by atoms with van der Waals surface area (Å²) in [4.78, 5) is 2.24. The Kier molecular flexibility index (Phi) is 6.63. The summed E-state index contributed by atoms with van der Waals surface area (Å²) in [5.41, 5.74) is 1.59. The maximum Gasteiger partial charge on any atom is 0.201 e. The molecule has 0 saturated carbocycles. The Morgan fingerprint density at radius 2 is 1.13 bits per heavy atom. The summed E-state index contributed by atoms with van der Waals surface area (Å²) in [7, 11) is 2.96. The van der Waals surface area contributed by atoms with E-state index in [0.29, 0.717) is 11.5 Å². The Morgan fingerprint density at radius 1 is 0.767 bits per heavy atom. The van der Waals surface area contributed by atoms with Crippen LogP contribution in [0.2, 0.25) is 0 Å². The molecule has 0 radical (unpaired) electrons. The predicted octanol–water partition coefficient (Wildman–Crippen LogP) is -0.272. The van der Waals surface area contributed by atoms with Gasteiger partial charge in [0.2, 0.25) is 12.1 Å². The van der Waals surface area contributed by atoms with Crippen molar-refractivity contribution in [3.8, 4) is 35.1 Å². The summed E-state index contributed by atoms with van der Waals surface area (Å²) in [5, 5.41) is 39.2. The smallest absolute Gasteiger partial charge is 0.201 e. The van der Waals surface area contributed by atoms with Gasteiger partial charge in [0.1, 0.15) is 38.3 Å². The predicted molar refractivity (Wildman–Crippen MR) is 107 cm³/mol. The Morgan fingerprint density at radius 3 is 1.43 bits per heavy atom. The lowest BCUT2D eigenvalue weighted by atomic mass is 10.0. The van der Waals surface area contributed by atoms with E-state index in [4.69, 9.17) is 9.47 Å². The minimum Gasteiger partial charge on any atom is -0.504 e. The van der Waals surface area contributed by atoms with Crippen LogP contribution < -0.4 is 19.3 Å². The monoisotopic (exact) mass is 410 g/mol. The third kappa shape index (κ3) is 4.25. The van der Waals surface area contributed by atoms with Crippen molar-refractivity contribution in [2.24, 2.45) is 0 Å². The summed E-state index contributed by atoms with van der Waals surface area (Å²) >= 11 is 0. The second kappa shape index (κ2) is 9.36. The van der Waals surface area contributed by atoms with Gasteiger partial charge in [-0.3, -0.25) is 0 Å². The first-order valence-corrected chi connectivity index (χ1v) is 9.74. The van der Waals surface area contributed by atoms with Gasteiger partial charge < -0.3 is 29.5 Å². The quantitative estimate of drug-likeness (QED) is 0.521. The molecule has 0 aromatic heterocycles. The maximum atomic E-state index is 9.81. The van der Waals surface area contributed by atoms with Crippen LogP contribution in [0.15, 0.2) is 36.4 Å². The van der Waals surface area contributed by atoms with E-state index in [1.54, 1.807) is 36.4 Å². The van der Waals surface area contributed by atoms with Crippen LogP contribution in [-0.2, 0) is 0 Å². The van der Waals surface area contributed by atoms with Gasteiger partial charge >= 0.3 is 0 Å². The van der Waals surface area contributed by atoms with Crippen molar-refractivity contribution in [2.45, 2.75) is 12.1 Å². The number of aromatic hydroxyl groups is 2. The van der Waals surface area contributed by atoms with Crippen LogP contribution in [-0.4, -0.2) is 50.6 Å². The van der Waals surface area contributed by atoms with Gasteiger partial charge in [0.05, 0.1) is 14.2 Å². The van der Waals surface area contributed by atoms with Crippen LogP contribution in [0.1, 0.15) is 23.2 Å². The number of piperazine rings is 1. The van der Waals surface area contributed by atoms with Crippen molar-refractivity contribution in [3.63, 3.8) is 0 Å². The molecule has 0 amide bonds. The van der Waals surface area contributed by atoms with E-state index in [2.05, 4.69) is 12.1 Å². The van der Waals surface area contributed by atoms with Gasteiger partial charge in [0.15, 0.2) is 23.0 Å². The molecule has 0 unspecified atom stereocenters. The molecule has 4 N–H and O–H groups in total. The molecule has 0 spiro atoms. The fourth-order valence-corrected chi connectivity index (χ4v) is 4.02. The van der Waals surface area contributed by atoms with Crippen molar-refractivity contribution < 1.29 is 29.5 Å². The molecule has 1 saturated heterocycles. The molecule has 2 atom stereocenters. The number of rotatable bonds is 6. The Bertz CT molecular complexity index is 895. The highest BCUT2D eigenvalue weighted by atomic mass is 16.5. The van der Waals surface area contributed by atoms with Crippen molar-refractivity contribution in [3.05, 3.63) is 47.5 Å². The molecule has 2 aromatic carbocycles. The number of hydrogen-bond acceptors (Lipinski definition) is 6. The fourth-order valence-electron chi connectivity index (χ4n) is 4.02. The van der Waals surface area contributed by atoms with Crippen LogP contribution in [0, 0.1) is 22.7 Å². The van der Waals surface area contributed by atoms with E-state index in [0.717, 1.165) is 47.1 Å². The molecule has 1 aliphatic rings. The number of nitrogens with zero attached hydrogens (tertiary/aromatic N) is 2. The van der Waals surface area contributed by atoms with Gasteiger partial charge in [-0.15, -0.1) is 0 Å². The first-order chi connectivity index (χ1) is 14.5. The number of nitrogens with one attached hydrogen (secondary N) is 2. The highest BCUT2D eigenvalue weighted by Crippen LogP contribution is 2.29. The number of hydrogen-bond donors (Lipinski definition) is 4. The van der Waals surface area contributed by atoms with E-state index in [1.807, 2.05) is 0 Å². The molecule has 30 heavy (non-hydrogen) atoms. The average Bonchev–Trinajstić information content (AvgIpc) is 2.77. The zero-order chi connectivity index (χ0) is 21.7. The zero-order valence-electron chi connectivity index (χ0n) is 17.1. The summed E-state index contributed by atoms with van der Waals surface area (Å²) in [5.74, 6) is 0.788. The molecular formula is C22H26N4O4+2. The fraction of sp³-hybridized carbons (Fsp3) is 0.364. The summed E-state index contributed by atoms with van der Waals surface area (Å²) in [6, 6.07) is 14.0. The van der Waals surface area contributed by atoms with Crippen molar-refractivity contribution in [1.82, 2.24) is 0 Å². The highest BCUT2D eigenvalue weighted by molar-refractivity contribution is 5.44. The van der Waals surface area contributed by atoms with Crippen molar-refractivity contribution in [1.29, 1.82) is 10.5 Å². The second-order valence-corrected chi connectivity index (χ2v) is 7.30. The number of phenolic OH excluding ortho intramolecular Hbond substituents is 2. The number of benzene rings is 2. The maximum absolute atomic E-state index is 9.81. The molecular weight excluding hydrogens is 384 g/mol. The van der Waals surface area contributed by atoms with Crippen molar-refractivity contribution >= 4 is 0 Å². The standard InChI is InChI=1S/C22H24N4O4/c1-29-21-11-15(3-5-19(21)27)17(13-23)25-7-9-26(10-8-25)18(14-24)16-4-6-20(28)22(12-16)30-2/h3-6,11-12,17-18,27-28H,7-10H2,1-2H3/p+2/t17-,18-/m1/s1. The Labute approximate surface area is 175 Å². The van der Waals surface area contributed by atoms with E-state index in [-0.39, 0.29) is 23.6 Å². The average molecular weight is 410 g/mol. The Hall–Kier alpha value is -3.46. The van der Waals surface area contributed by atoms with Crippen LogP contribution in [0.5, 0.6) is 23.0 Å². The molecule has 8 nitrogen and oxygen atoms in total. The van der Waals surface area contributed by atoms with Gasteiger partial charge in [-0.05, 0) is 36.4 Å². The minimum absolute atomic E-state index is 0.0448. The lowest BCUT2D eigenvalue weighted by Crippen LogP contribution is -3.28. The summed E-state index contributed by atoms with van der Waals surface area (Å²) in [6.07, 6.45) is 0. The normalized spacial score (nSPS) is 20.4. The molecule has 1 aliphatic heterocycles. The molecule has 2 aromatic rings. The van der Waals surface area contributed by atoms with Gasteiger partial charge in [0, 0.05) is 11.1 Å². The van der Waals surface area contributed by atoms with Crippen LogP contribution >= 0.6 is 0 Å². The summed E-state index contributed by atoms with van der Waals surface area (Å²) < 4.78 is 10.3. The molecule has 1 heterocycles. The topological polar surface area (TPSA) is 115 Å². The SMILES string of the molecule is COc1cc([C@@H](C#N)[NH+]2CC[NH+]([C@H](C#N)c3ccc(O)c(OC)c3)CC2)ccc1O. The van der Waals surface area contributed by atoms with E-state index in [1.165, 1.54) is 14.2 Å². The van der Waals surface area contributed by atoms with Gasteiger partial charge in [0.25, 0.3) is 0 Å². The lowest BCUT2D eigenvalue weighted by molar-refractivity contribution is -1.03. The molecule has 8 heteroatoms. The van der Waals surface area contributed by atoms with Crippen molar-refractivity contribution in [2.75, 3.05) is 40.4 Å². The molecule has 0 bridgehead atoms. The first-order valence-electron chi connectivity index (χ1n) is 9.74. The zero-order valence-corrected chi connectivity index (χ0v) is 17.1. The molecule has 1 fully saturated rings. The number of quaternary nitrogens is 2. The second-order valence-electron chi connectivity index (χ2n) is 7.30. The first kappa shape index (κ1) is 21.3. The van der Waals surface area contributed by atoms with Crippen LogP contribution in [0.25, 0.3) is 0 Å². The highest BCUT2D eigenvalue weighted by Gasteiger charge is 2.35. The van der Waals surface area contributed by atoms with E-state index in [9.17, 15) is 20.7 Å². The van der Waals surface area contributed by atoms with Gasteiger partial charge in [-0.1, -0.05) is 0 Å². The number of phenols is 2. The lowest BCUT2D eigenvalue weighted by Gasteiger charge is -2.34. The third-order valence-electron chi connectivity index (χ3n) is 5.68. The Balaban J connectivity index is 1.73. The number of methoxy groups -OCH3 is 2. The molecule has 3 rings (SSSR count). The van der Waals surface area contributed by atoms with E-state index < -0.39 is 0 Å². The van der Waals surface area contributed by atoms with E-state index >= 15 is 0 Å². The van der Waals surface area contributed by atoms with Crippen LogP contribution in [0.3, 0.4) is 0 Å². The minimum atomic E-state index is -0.379. The molecule has 0 aliphatic carbocycles. The van der Waals surface area contributed by atoms with Gasteiger partial charge in [-0.2, -0.15) is 10.5 Å². The number of nitriles is 2. The van der Waals surface area contributed by atoms with Crippen LogP contribution in [0.4, 0.5) is 0 Å². The van der Waals surface area contributed by atoms with Gasteiger partial charge in [-0.25, -0.2) is 0 Å². The third-order valence-corrected chi connectivity index (χ3v) is 5.68. The molecule has 156 valence electrons. The summed E-state index contributed by atoms with van der Waals surface area (Å²) in [6.45, 7) is 2.91.